The van der Waals surface area contributed by atoms with Crippen molar-refractivity contribution in [1.29, 1.82) is 0 Å². The highest BCUT2D eigenvalue weighted by molar-refractivity contribution is 9.10. The van der Waals surface area contributed by atoms with Gasteiger partial charge in [-0.25, -0.2) is 9.37 Å². The zero-order valence-electron chi connectivity index (χ0n) is 12.8. The average molecular weight is 371 g/mol. The predicted octanol–water partition coefficient (Wildman–Crippen LogP) is 5.12. The van der Waals surface area contributed by atoms with Crippen molar-refractivity contribution >= 4 is 27.3 Å². The fraction of sp³-hybridized carbons (Fsp3) is 0.438. The summed E-state index contributed by atoms with van der Waals surface area (Å²) < 4.78 is 14.0. The van der Waals surface area contributed by atoms with Gasteiger partial charge in [-0.15, -0.1) is 11.3 Å². The monoisotopic (exact) mass is 370 g/mol. The van der Waals surface area contributed by atoms with Crippen LogP contribution in [-0.2, 0) is 12.0 Å². The van der Waals surface area contributed by atoms with E-state index in [0.717, 1.165) is 33.8 Å². The highest BCUT2D eigenvalue weighted by Gasteiger charge is 2.24. The molecule has 0 fully saturated rings. The van der Waals surface area contributed by atoms with Crippen molar-refractivity contribution in [3.05, 3.63) is 39.1 Å². The summed E-state index contributed by atoms with van der Waals surface area (Å²) in [7, 11) is 0. The summed E-state index contributed by atoms with van der Waals surface area (Å²) in [5.74, 6) is -0.244. The molecule has 21 heavy (non-hydrogen) atoms. The third-order valence-electron chi connectivity index (χ3n) is 3.10. The van der Waals surface area contributed by atoms with Crippen molar-refractivity contribution in [2.45, 2.75) is 39.7 Å². The smallest absolute Gasteiger partial charge is 0.125 e. The molecule has 1 N–H and O–H groups in total. The van der Waals surface area contributed by atoms with E-state index in [1.807, 2.05) is 0 Å². The van der Waals surface area contributed by atoms with Crippen LogP contribution in [0.4, 0.5) is 4.39 Å². The van der Waals surface area contributed by atoms with Crippen molar-refractivity contribution < 1.29 is 4.39 Å². The maximum absolute atomic E-state index is 13.2. The number of rotatable bonds is 4. The second kappa shape index (κ2) is 6.55. The highest BCUT2D eigenvalue weighted by atomic mass is 79.9. The Morgan fingerprint density at radius 1 is 1.33 bits per heavy atom. The second-order valence-corrected chi connectivity index (χ2v) is 7.88. The number of hydrogen-bond donors (Lipinski definition) is 1. The number of hydrogen-bond acceptors (Lipinski definition) is 3. The number of benzene rings is 1. The lowest BCUT2D eigenvalue weighted by molar-refractivity contribution is 0.561. The maximum atomic E-state index is 13.2. The van der Waals surface area contributed by atoms with Crippen molar-refractivity contribution in [3.8, 4) is 10.6 Å². The van der Waals surface area contributed by atoms with Gasteiger partial charge in [0, 0.05) is 26.9 Å². The molecule has 0 aliphatic rings. The minimum Gasteiger partial charge on any atom is -0.312 e. The van der Waals surface area contributed by atoms with Gasteiger partial charge in [0.25, 0.3) is 0 Å². The first kappa shape index (κ1) is 16.6. The van der Waals surface area contributed by atoms with E-state index in [4.69, 9.17) is 4.98 Å². The van der Waals surface area contributed by atoms with E-state index in [0.29, 0.717) is 0 Å². The molecule has 0 atom stereocenters. The standard InChI is InChI=1S/C16H20BrFN2S/c1-5-19-9-13-14(16(2,3)4)20-15(21-13)11-7-6-10(18)8-12(11)17/h6-8,19H,5,9H2,1-4H3. The van der Waals surface area contributed by atoms with E-state index >= 15 is 0 Å². The van der Waals surface area contributed by atoms with Crippen LogP contribution in [0, 0.1) is 5.82 Å². The van der Waals surface area contributed by atoms with Crippen LogP contribution in [0.15, 0.2) is 22.7 Å². The molecule has 0 bridgehead atoms. The first-order valence-corrected chi connectivity index (χ1v) is 8.60. The van der Waals surface area contributed by atoms with Gasteiger partial charge in [-0.2, -0.15) is 0 Å². The zero-order valence-corrected chi connectivity index (χ0v) is 15.2. The van der Waals surface area contributed by atoms with Crippen LogP contribution in [0.2, 0.25) is 0 Å². The first-order valence-electron chi connectivity index (χ1n) is 6.99. The van der Waals surface area contributed by atoms with Crippen LogP contribution in [0.1, 0.15) is 38.3 Å². The molecule has 0 aliphatic carbocycles. The maximum Gasteiger partial charge on any atom is 0.125 e. The number of nitrogens with one attached hydrogen (secondary N) is 1. The molecule has 2 aromatic rings. The van der Waals surface area contributed by atoms with E-state index in [1.165, 1.54) is 17.0 Å². The van der Waals surface area contributed by atoms with Gasteiger partial charge in [-0.1, -0.05) is 27.7 Å². The van der Waals surface area contributed by atoms with Crippen molar-refractivity contribution in [2.75, 3.05) is 6.54 Å². The summed E-state index contributed by atoms with van der Waals surface area (Å²) in [6.07, 6.45) is 0. The lowest BCUT2D eigenvalue weighted by Gasteiger charge is -2.17. The van der Waals surface area contributed by atoms with Gasteiger partial charge in [0.2, 0.25) is 0 Å². The minimum absolute atomic E-state index is 0.00793. The van der Waals surface area contributed by atoms with Crippen LogP contribution < -0.4 is 5.32 Å². The van der Waals surface area contributed by atoms with Crippen LogP contribution in [-0.4, -0.2) is 11.5 Å². The fourth-order valence-electron chi connectivity index (χ4n) is 2.07. The summed E-state index contributed by atoms with van der Waals surface area (Å²) in [6, 6.07) is 4.74. The Morgan fingerprint density at radius 2 is 2.05 bits per heavy atom. The summed E-state index contributed by atoms with van der Waals surface area (Å²) in [5, 5.41) is 4.29. The molecule has 1 aromatic carbocycles. The molecule has 2 nitrogen and oxygen atoms in total. The van der Waals surface area contributed by atoms with Gasteiger partial charge in [0.15, 0.2) is 0 Å². The summed E-state index contributed by atoms with van der Waals surface area (Å²) in [6.45, 7) is 10.3. The Bertz CT molecular complexity index is 632. The Balaban J connectivity index is 2.47. The summed E-state index contributed by atoms with van der Waals surface area (Å²) in [5.41, 5.74) is 2.04. The Kier molecular flexibility index (Phi) is 5.17. The van der Waals surface area contributed by atoms with E-state index in [1.54, 1.807) is 17.4 Å². The molecule has 0 spiro atoms. The Hall–Kier alpha value is -0.780. The third-order valence-corrected chi connectivity index (χ3v) is 4.85. The topological polar surface area (TPSA) is 24.9 Å². The van der Waals surface area contributed by atoms with Gasteiger partial charge in [-0.3, -0.25) is 0 Å². The number of halogens is 2. The molecule has 114 valence electrons. The molecule has 0 radical (unpaired) electrons. The molecule has 0 saturated heterocycles. The molecule has 0 unspecified atom stereocenters. The SMILES string of the molecule is CCNCc1sc(-c2ccc(F)cc2Br)nc1C(C)(C)C. The molecule has 2 rings (SSSR count). The molecule has 0 amide bonds. The van der Waals surface area contributed by atoms with Gasteiger partial charge in [0.05, 0.1) is 5.69 Å². The van der Waals surface area contributed by atoms with Crippen LogP contribution in [0.5, 0.6) is 0 Å². The normalized spacial score (nSPS) is 11.9. The number of thiazole rings is 1. The van der Waals surface area contributed by atoms with E-state index in [9.17, 15) is 4.39 Å². The fourth-order valence-corrected chi connectivity index (χ4v) is 4.03. The van der Waals surface area contributed by atoms with Crippen molar-refractivity contribution in [2.24, 2.45) is 0 Å². The predicted molar refractivity (Wildman–Crippen MR) is 91.3 cm³/mol. The van der Waals surface area contributed by atoms with Crippen LogP contribution in [0.3, 0.4) is 0 Å². The Labute approximate surface area is 137 Å². The van der Waals surface area contributed by atoms with E-state index in [2.05, 4.69) is 48.9 Å². The van der Waals surface area contributed by atoms with Gasteiger partial charge >= 0.3 is 0 Å². The first-order chi connectivity index (χ1) is 9.82. The second-order valence-electron chi connectivity index (χ2n) is 5.95. The molecule has 5 heteroatoms. The number of nitrogens with zero attached hydrogens (tertiary/aromatic N) is 1. The van der Waals surface area contributed by atoms with Gasteiger partial charge < -0.3 is 5.32 Å². The quantitative estimate of drug-likeness (QED) is 0.807. The minimum atomic E-state index is -0.244. The Morgan fingerprint density at radius 3 is 2.62 bits per heavy atom. The van der Waals surface area contributed by atoms with E-state index < -0.39 is 0 Å². The average Bonchev–Trinajstić information content (AvgIpc) is 2.80. The summed E-state index contributed by atoms with van der Waals surface area (Å²) in [4.78, 5) is 6.07. The van der Waals surface area contributed by atoms with Crippen LogP contribution >= 0.6 is 27.3 Å². The van der Waals surface area contributed by atoms with E-state index in [-0.39, 0.29) is 11.2 Å². The molecule has 1 aromatic heterocycles. The zero-order chi connectivity index (χ0) is 15.6. The lowest BCUT2D eigenvalue weighted by atomic mass is 9.91. The van der Waals surface area contributed by atoms with Gasteiger partial charge in [-0.05, 0) is 40.7 Å². The number of aromatic nitrogens is 1. The van der Waals surface area contributed by atoms with Crippen molar-refractivity contribution in [3.63, 3.8) is 0 Å². The van der Waals surface area contributed by atoms with Crippen LogP contribution in [0.25, 0.3) is 10.6 Å². The highest BCUT2D eigenvalue weighted by Crippen LogP contribution is 2.37. The molecule has 1 heterocycles. The third kappa shape index (κ3) is 3.90. The molecule has 0 saturated carbocycles. The molecular weight excluding hydrogens is 351 g/mol. The lowest BCUT2D eigenvalue weighted by Crippen LogP contribution is -2.18. The summed E-state index contributed by atoms with van der Waals surface area (Å²) >= 11 is 5.11. The van der Waals surface area contributed by atoms with Crippen molar-refractivity contribution in [1.82, 2.24) is 10.3 Å². The van der Waals surface area contributed by atoms with Gasteiger partial charge in [0.1, 0.15) is 10.8 Å². The largest absolute Gasteiger partial charge is 0.312 e. The molecule has 0 aliphatic heterocycles. The molecular formula is C16H20BrFN2S.